The maximum atomic E-state index is 9.91. The average Bonchev–Trinajstić information content (AvgIpc) is 3.15. The molecule has 0 radical (unpaired) electrons. The Bertz CT molecular complexity index is 803. The molecule has 2 unspecified atom stereocenters. The van der Waals surface area contributed by atoms with Crippen LogP contribution in [-0.2, 0) is 0 Å². The van der Waals surface area contributed by atoms with Gasteiger partial charge in [0.1, 0.15) is 5.92 Å². The molecule has 1 aliphatic heterocycles. The molecule has 0 amide bonds. The Labute approximate surface area is 151 Å². The number of nitriles is 3. The van der Waals surface area contributed by atoms with E-state index in [0.717, 1.165) is 37.2 Å². The number of nitrogens with one attached hydrogen (secondary N) is 2. The molecule has 5 nitrogen and oxygen atoms in total. The van der Waals surface area contributed by atoms with Gasteiger partial charge in [0.25, 0.3) is 0 Å². The van der Waals surface area contributed by atoms with Crippen LogP contribution in [0.4, 0.5) is 0 Å². The molecular weight excluding hydrogens is 330 g/mol. The lowest BCUT2D eigenvalue weighted by molar-refractivity contribution is -0.899. The molecule has 126 valence electrons. The highest BCUT2D eigenvalue weighted by Crippen LogP contribution is 2.52. The lowest BCUT2D eigenvalue weighted by atomic mass is 9.54. The van der Waals surface area contributed by atoms with Gasteiger partial charge in [0.05, 0.1) is 43.6 Å². The third-order valence-corrected chi connectivity index (χ3v) is 6.17. The normalized spacial score (nSPS) is 30.3. The Morgan fingerprint density at radius 1 is 1.36 bits per heavy atom. The van der Waals surface area contributed by atoms with Crippen LogP contribution < -0.4 is 4.90 Å². The first-order chi connectivity index (χ1) is 12.1. The van der Waals surface area contributed by atoms with Gasteiger partial charge in [-0.2, -0.15) is 27.1 Å². The standard InChI is InChI=1S/C19H19N5S/c1-2-5-24-6-3-14-15(8-20)18(23)19(11-21,12-22)17(16(14)9-24)13-4-7-25-10-13/h3-4,7,10,15-17,23H,2,5-6,9H2,1H3/p+1/t15?,16-,17+/m0/s1. The molecule has 1 saturated carbocycles. The smallest absolute Gasteiger partial charge is 0.190 e. The molecule has 2 heterocycles. The van der Waals surface area contributed by atoms with Crippen LogP contribution in [-0.4, -0.2) is 25.3 Å². The molecule has 1 aromatic rings. The van der Waals surface area contributed by atoms with Gasteiger partial charge in [0.15, 0.2) is 5.41 Å². The van der Waals surface area contributed by atoms with Gasteiger partial charge in [-0.25, -0.2) is 0 Å². The maximum absolute atomic E-state index is 9.91. The summed E-state index contributed by atoms with van der Waals surface area (Å²) in [6.45, 7) is 4.81. The zero-order valence-electron chi connectivity index (χ0n) is 14.1. The van der Waals surface area contributed by atoms with Crippen LogP contribution in [0.15, 0.2) is 28.5 Å². The third kappa shape index (κ3) is 2.57. The van der Waals surface area contributed by atoms with Crippen molar-refractivity contribution >= 4 is 17.0 Å². The van der Waals surface area contributed by atoms with Crippen LogP contribution >= 0.6 is 11.3 Å². The van der Waals surface area contributed by atoms with Crippen molar-refractivity contribution in [3.05, 3.63) is 34.0 Å². The Morgan fingerprint density at radius 2 is 2.12 bits per heavy atom. The minimum atomic E-state index is -1.57. The monoisotopic (exact) mass is 350 g/mol. The Kier molecular flexibility index (Phi) is 4.73. The van der Waals surface area contributed by atoms with Crippen LogP contribution in [0.1, 0.15) is 24.8 Å². The predicted octanol–water partition coefficient (Wildman–Crippen LogP) is 1.89. The van der Waals surface area contributed by atoms with Gasteiger partial charge in [-0.05, 0) is 40.5 Å². The van der Waals surface area contributed by atoms with E-state index in [2.05, 4.69) is 31.2 Å². The van der Waals surface area contributed by atoms with Crippen molar-refractivity contribution < 1.29 is 4.90 Å². The molecule has 3 rings (SSSR count). The van der Waals surface area contributed by atoms with Crippen LogP contribution in [0.3, 0.4) is 0 Å². The molecule has 0 aromatic carbocycles. The highest BCUT2D eigenvalue weighted by Gasteiger charge is 2.58. The molecule has 6 heteroatoms. The Hall–Kier alpha value is -2.46. The molecule has 1 fully saturated rings. The number of hydrogen-bond donors (Lipinski definition) is 2. The van der Waals surface area contributed by atoms with E-state index < -0.39 is 11.3 Å². The fraction of sp³-hybridized carbons (Fsp3) is 0.474. The summed E-state index contributed by atoms with van der Waals surface area (Å²) in [6.07, 6.45) is 3.15. The topological polar surface area (TPSA) is 99.7 Å². The molecule has 4 atom stereocenters. The zero-order chi connectivity index (χ0) is 18.0. The minimum absolute atomic E-state index is 0.0528. The number of thiophene rings is 1. The second kappa shape index (κ2) is 6.81. The number of rotatable bonds is 3. The van der Waals surface area contributed by atoms with Crippen molar-refractivity contribution in [1.82, 2.24) is 0 Å². The van der Waals surface area contributed by atoms with Gasteiger partial charge in [-0.1, -0.05) is 6.92 Å². The maximum Gasteiger partial charge on any atom is 0.190 e. The summed E-state index contributed by atoms with van der Waals surface area (Å²) in [5.74, 6) is -1.20. The van der Waals surface area contributed by atoms with Crippen molar-refractivity contribution in [3.8, 4) is 18.2 Å². The molecule has 1 aliphatic carbocycles. The fourth-order valence-corrected chi connectivity index (χ4v) is 5.04. The molecule has 0 saturated heterocycles. The third-order valence-electron chi connectivity index (χ3n) is 5.47. The molecule has 2 aliphatic rings. The van der Waals surface area contributed by atoms with Gasteiger partial charge in [0.2, 0.25) is 0 Å². The van der Waals surface area contributed by atoms with E-state index in [1.807, 2.05) is 16.8 Å². The van der Waals surface area contributed by atoms with E-state index in [0.29, 0.717) is 0 Å². The Morgan fingerprint density at radius 3 is 2.68 bits per heavy atom. The summed E-state index contributed by atoms with van der Waals surface area (Å²) in [5, 5.41) is 41.9. The number of hydrogen-bond acceptors (Lipinski definition) is 5. The number of quaternary nitrogens is 1. The summed E-state index contributed by atoms with van der Waals surface area (Å²) < 4.78 is 0. The quantitative estimate of drug-likeness (QED) is 0.814. The summed E-state index contributed by atoms with van der Waals surface area (Å²) in [5.41, 5.74) is 0.239. The second-order valence-electron chi connectivity index (χ2n) is 6.76. The minimum Gasteiger partial charge on any atom is -0.331 e. The molecule has 0 spiro atoms. The van der Waals surface area contributed by atoms with E-state index >= 15 is 0 Å². The lowest BCUT2D eigenvalue weighted by Crippen LogP contribution is -3.13. The highest BCUT2D eigenvalue weighted by atomic mass is 32.1. The SMILES string of the molecule is CCC[NH+]1CC=C2C(C#N)C(=N)C(C#N)(C#N)[C@H](c3ccsc3)[C@H]2C1. The van der Waals surface area contributed by atoms with Gasteiger partial charge in [0, 0.05) is 11.8 Å². The van der Waals surface area contributed by atoms with Crippen LogP contribution in [0.25, 0.3) is 0 Å². The van der Waals surface area contributed by atoms with Crippen molar-refractivity contribution in [2.24, 2.45) is 17.3 Å². The van der Waals surface area contributed by atoms with E-state index in [-0.39, 0.29) is 17.5 Å². The van der Waals surface area contributed by atoms with Crippen LogP contribution in [0.2, 0.25) is 0 Å². The van der Waals surface area contributed by atoms with E-state index in [9.17, 15) is 15.8 Å². The van der Waals surface area contributed by atoms with Gasteiger partial charge in [-0.15, -0.1) is 0 Å². The Balaban J connectivity index is 2.18. The van der Waals surface area contributed by atoms with Crippen LogP contribution in [0.5, 0.6) is 0 Å². The predicted molar refractivity (Wildman–Crippen MR) is 95.0 cm³/mol. The largest absolute Gasteiger partial charge is 0.331 e. The summed E-state index contributed by atoms with van der Waals surface area (Å²) in [4.78, 5) is 1.41. The van der Waals surface area contributed by atoms with E-state index in [1.54, 1.807) is 0 Å². The van der Waals surface area contributed by atoms with Gasteiger partial charge >= 0.3 is 0 Å². The number of nitrogens with zero attached hydrogens (tertiary/aromatic N) is 3. The molecule has 2 N–H and O–H groups in total. The van der Waals surface area contributed by atoms with E-state index in [4.69, 9.17) is 5.41 Å². The second-order valence-corrected chi connectivity index (χ2v) is 7.54. The zero-order valence-corrected chi connectivity index (χ0v) is 14.9. The van der Waals surface area contributed by atoms with E-state index in [1.165, 1.54) is 16.2 Å². The first-order valence-corrected chi connectivity index (χ1v) is 9.43. The van der Waals surface area contributed by atoms with Gasteiger partial charge < -0.3 is 10.3 Å². The summed E-state index contributed by atoms with van der Waals surface area (Å²) in [7, 11) is 0. The first kappa shape index (κ1) is 17.4. The molecule has 25 heavy (non-hydrogen) atoms. The van der Waals surface area contributed by atoms with Crippen molar-refractivity contribution in [1.29, 1.82) is 21.2 Å². The summed E-state index contributed by atoms with van der Waals surface area (Å²) >= 11 is 1.53. The van der Waals surface area contributed by atoms with Crippen molar-refractivity contribution in [3.63, 3.8) is 0 Å². The van der Waals surface area contributed by atoms with Crippen LogP contribution in [0, 0.1) is 56.7 Å². The molecule has 1 aromatic heterocycles. The highest BCUT2D eigenvalue weighted by molar-refractivity contribution is 7.08. The molecule has 0 bridgehead atoms. The fourth-order valence-electron chi connectivity index (χ4n) is 4.35. The number of fused-ring (bicyclic) bond motifs is 1. The first-order valence-electron chi connectivity index (χ1n) is 8.49. The average molecular weight is 350 g/mol. The van der Waals surface area contributed by atoms with Gasteiger partial charge in [-0.3, -0.25) is 0 Å². The molecular formula is C19H20N5S+. The van der Waals surface area contributed by atoms with Crippen molar-refractivity contribution in [2.45, 2.75) is 19.3 Å². The summed E-state index contributed by atoms with van der Waals surface area (Å²) in [6, 6.07) is 8.40. The van der Waals surface area contributed by atoms with Crippen molar-refractivity contribution in [2.75, 3.05) is 19.6 Å². The lowest BCUT2D eigenvalue weighted by Gasteiger charge is -2.46.